The van der Waals surface area contributed by atoms with Gasteiger partial charge in [-0.1, -0.05) is 29.8 Å². The van der Waals surface area contributed by atoms with Crippen LogP contribution >= 0.6 is 0 Å². The van der Waals surface area contributed by atoms with Crippen molar-refractivity contribution in [2.45, 2.75) is 26.2 Å². The predicted octanol–water partition coefficient (Wildman–Crippen LogP) is 2.42. The van der Waals surface area contributed by atoms with Crippen LogP contribution in [0, 0.1) is 12.8 Å². The normalized spacial score (nSPS) is 16.6. The van der Waals surface area contributed by atoms with Crippen molar-refractivity contribution in [1.82, 2.24) is 4.90 Å². The van der Waals surface area contributed by atoms with Crippen LogP contribution < -0.4 is 0 Å². The van der Waals surface area contributed by atoms with Gasteiger partial charge in [0.2, 0.25) is 5.91 Å². The number of nitrogens with zero attached hydrogens (tertiary/aromatic N) is 1. The second-order valence-corrected chi connectivity index (χ2v) is 5.45. The summed E-state index contributed by atoms with van der Waals surface area (Å²) >= 11 is 0. The number of amides is 1. The van der Waals surface area contributed by atoms with E-state index in [1.807, 2.05) is 17.0 Å². The molecule has 0 saturated carbocycles. The van der Waals surface area contributed by atoms with Crippen molar-refractivity contribution in [2.24, 2.45) is 5.92 Å². The van der Waals surface area contributed by atoms with Crippen LogP contribution in [0.15, 0.2) is 24.3 Å². The monoisotopic (exact) mass is 261 g/mol. The van der Waals surface area contributed by atoms with E-state index in [4.69, 9.17) is 4.74 Å². The molecule has 1 fully saturated rings. The maximum atomic E-state index is 12.2. The Labute approximate surface area is 115 Å². The largest absolute Gasteiger partial charge is 0.384 e. The molecule has 19 heavy (non-hydrogen) atoms. The Bertz CT molecular complexity index is 423. The first-order valence-electron chi connectivity index (χ1n) is 7.01. The van der Waals surface area contributed by atoms with Gasteiger partial charge in [0.05, 0.1) is 6.42 Å². The number of hydrogen-bond acceptors (Lipinski definition) is 2. The lowest BCUT2D eigenvalue weighted by atomic mass is 9.97. The third-order valence-corrected chi connectivity index (χ3v) is 3.81. The van der Waals surface area contributed by atoms with Crippen molar-refractivity contribution in [3.05, 3.63) is 35.4 Å². The van der Waals surface area contributed by atoms with Crippen LogP contribution in [0.1, 0.15) is 24.0 Å². The molecule has 0 aliphatic carbocycles. The first kappa shape index (κ1) is 14.1. The number of benzene rings is 1. The number of rotatable bonds is 4. The highest BCUT2D eigenvalue weighted by atomic mass is 16.5. The van der Waals surface area contributed by atoms with Crippen LogP contribution in [0.4, 0.5) is 0 Å². The molecule has 0 bridgehead atoms. The number of likely N-dealkylation sites (tertiary alicyclic amines) is 1. The van der Waals surface area contributed by atoms with E-state index in [9.17, 15) is 4.79 Å². The van der Waals surface area contributed by atoms with Gasteiger partial charge in [-0.15, -0.1) is 0 Å². The first-order valence-corrected chi connectivity index (χ1v) is 7.01. The van der Waals surface area contributed by atoms with E-state index in [1.165, 1.54) is 5.56 Å². The van der Waals surface area contributed by atoms with Crippen molar-refractivity contribution in [1.29, 1.82) is 0 Å². The van der Waals surface area contributed by atoms with Gasteiger partial charge >= 0.3 is 0 Å². The molecular formula is C16H23NO2. The van der Waals surface area contributed by atoms with Gasteiger partial charge in [0.15, 0.2) is 0 Å². The van der Waals surface area contributed by atoms with Gasteiger partial charge < -0.3 is 9.64 Å². The van der Waals surface area contributed by atoms with E-state index in [1.54, 1.807) is 7.11 Å². The Kier molecular flexibility index (Phi) is 4.97. The fraction of sp³-hybridized carbons (Fsp3) is 0.562. The van der Waals surface area contributed by atoms with Gasteiger partial charge in [-0.2, -0.15) is 0 Å². The second kappa shape index (κ2) is 6.71. The van der Waals surface area contributed by atoms with Crippen LogP contribution in [0.5, 0.6) is 0 Å². The van der Waals surface area contributed by atoms with Gasteiger partial charge in [0.25, 0.3) is 0 Å². The number of piperidine rings is 1. The highest BCUT2D eigenvalue weighted by Gasteiger charge is 2.22. The summed E-state index contributed by atoms with van der Waals surface area (Å²) in [7, 11) is 1.75. The lowest BCUT2D eigenvalue weighted by molar-refractivity contribution is -0.132. The molecule has 2 rings (SSSR count). The van der Waals surface area contributed by atoms with E-state index in [2.05, 4.69) is 19.1 Å². The van der Waals surface area contributed by atoms with Crippen LogP contribution in [-0.2, 0) is 16.0 Å². The Balaban J connectivity index is 1.84. The molecule has 0 aromatic heterocycles. The number of aryl methyl sites for hydroxylation is 1. The Morgan fingerprint density at radius 3 is 2.74 bits per heavy atom. The van der Waals surface area contributed by atoms with Crippen LogP contribution in [0.3, 0.4) is 0 Å². The van der Waals surface area contributed by atoms with Gasteiger partial charge in [0.1, 0.15) is 0 Å². The molecule has 1 aliphatic heterocycles. The fourth-order valence-corrected chi connectivity index (χ4v) is 2.69. The minimum atomic E-state index is 0.251. The summed E-state index contributed by atoms with van der Waals surface area (Å²) in [4.78, 5) is 14.2. The molecule has 1 saturated heterocycles. The molecule has 0 spiro atoms. The van der Waals surface area contributed by atoms with E-state index in [0.717, 1.165) is 38.1 Å². The molecule has 1 aromatic carbocycles. The van der Waals surface area contributed by atoms with Crippen molar-refractivity contribution >= 4 is 5.91 Å². The molecule has 3 heteroatoms. The maximum Gasteiger partial charge on any atom is 0.226 e. The number of carbonyl (C=O) groups excluding carboxylic acids is 1. The summed E-state index contributed by atoms with van der Waals surface area (Å²) in [5.41, 5.74) is 2.33. The van der Waals surface area contributed by atoms with Crippen LogP contribution in [0.2, 0.25) is 0 Å². The molecule has 0 unspecified atom stereocenters. The molecule has 1 aliphatic rings. The quantitative estimate of drug-likeness (QED) is 0.833. The molecular weight excluding hydrogens is 238 g/mol. The topological polar surface area (TPSA) is 29.5 Å². The van der Waals surface area contributed by atoms with Gasteiger partial charge in [0, 0.05) is 26.8 Å². The average Bonchev–Trinajstić information content (AvgIpc) is 2.40. The summed E-state index contributed by atoms with van der Waals surface area (Å²) in [6.07, 6.45) is 2.65. The molecule has 104 valence electrons. The molecule has 1 heterocycles. The van der Waals surface area contributed by atoms with E-state index in [0.29, 0.717) is 12.3 Å². The molecule has 1 amide bonds. The highest BCUT2D eigenvalue weighted by molar-refractivity contribution is 5.78. The third kappa shape index (κ3) is 4.06. The van der Waals surface area contributed by atoms with Gasteiger partial charge in [-0.05, 0) is 31.2 Å². The van der Waals surface area contributed by atoms with Crippen LogP contribution in [-0.4, -0.2) is 37.6 Å². The lowest BCUT2D eigenvalue weighted by Crippen LogP contribution is -2.40. The average molecular weight is 261 g/mol. The van der Waals surface area contributed by atoms with E-state index >= 15 is 0 Å². The van der Waals surface area contributed by atoms with Gasteiger partial charge in [-0.25, -0.2) is 0 Å². The summed E-state index contributed by atoms with van der Waals surface area (Å²) in [6, 6.07) is 8.20. The summed E-state index contributed by atoms with van der Waals surface area (Å²) < 4.78 is 5.18. The zero-order chi connectivity index (χ0) is 13.7. The Morgan fingerprint density at radius 2 is 2.11 bits per heavy atom. The standard InChI is InChI=1S/C16H23NO2/c1-13-4-3-5-15(10-13)11-16(18)17-8-6-14(7-9-17)12-19-2/h3-5,10,14H,6-9,11-12H2,1-2H3. The zero-order valence-corrected chi connectivity index (χ0v) is 11.9. The minimum Gasteiger partial charge on any atom is -0.384 e. The fourth-order valence-electron chi connectivity index (χ4n) is 2.69. The summed E-state index contributed by atoms with van der Waals surface area (Å²) in [5, 5.41) is 0. The van der Waals surface area contributed by atoms with Crippen molar-refractivity contribution in [3.8, 4) is 0 Å². The summed E-state index contributed by atoms with van der Waals surface area (Å²) in [6.45, 7) is 4.63. The third-order valence-electron chi connectivity index (χ3n) is 3.81. The highest BCUT2D eigenvalue weighted by Crippen LogP contribution is 2.18. The SMILES string of the molecule is COCC1CCN(C(=O)Cc2cccc(C)c2)CC1. The lowest BCUT2D eigenvalue weighted by Gasteiger charge is -2.31. The second-order valence-electron chi connectivity index (χ2n) is 5.45. The molecule has 1 aromatic rings. The number of carbonyl (C=O) groups is 1. The van der Waals surface area contributed by atoms with Crippen molar-refractivity contribution in [3.63, 3.8) is 0 Å². The molecule has 0 N–H and O–H groups in total. The van der Waals surface area contributed by atoms with Crippen molar-refractivity contribution in [2.75, 3.05) is 26.8 Å². The Hall–Kier alpha value is -1.35. The number of methoxy groups -OCH3 is 1. The first-order chi connectivity index (χ1) is 9.19. The van der Waals surface area contributed by atoms with Crippen LogP contribution in [0.25, 0.3) is 0 Å². The van der Waals surface area contributed by atoms with E-state index < -0.39 is 0 Å². The molecule has 0 atom stereocenters. The van der Waals surface area contributed by atoms with Gasteiger partial charge in [-0.3, -0.25) is 4.79 Å². The number of hydrogen-bond donors (Lipinski definition) is 0. The predicted molar refractivity (Wildman–Crippen MR) is 76.1 cm³/mol. The molecule has 0 radical (unpaired) electrons. The summed E-state index contributed by atoms with van der Waals surface area (Å²) in [5.74, 6) is 0.870. The molecule has 3 nitrogen and oxygen atoms in total. The zero-order valence-electron chi connectivity index (χ0n) is 11.9. The van der Waals surface area contributed by atoms with E-state index in [-0.39, 0.29) is 5.91 Å². The smallest absolute Gasteiger partial charge is 0.226 e. The Morgan fingerprint density at radius 1 is 1.37 bits per heavy atom. The minimum absolute atomic E-state index is 0.251. The van der Waals surface area contributed by atoms with Crippen molar-refractivity contribution < 1.29 is 9.53 Å². The number of ether oxygens (including phenoxy) is 1. The maximum absolute atomic E-state index is 12.2.